The molecule has 0 aliphatic heterocycles. The van der Waals surface area contributed by atoms with Gasteiger partial charge in [0.15, 0.2) is 0 Å². The van der Waals surface area contributed by atoms with Crippen LogP contribution in [0.4, 0.5) is 0 Å². The molecule has 0 aliphatic rings. The van der Waals surface area contributed by atoms with Gasteiger partial charge in [-0.05, 0) is 30.2 Å². The van der Waals surface area contributed by atoms with Crippen molar-refractivity contribution < 1.29 is 34.2 Å². The molecule has 4 N–H and O–H groups in total. The Balaban J connectivity index is 2.49. The van der Waals surface area contributed by atoms with Crippen LogP contribution in [0.5, 0.6) is 0 Å². The van der Waals surface area contributed by atoms with E-state index in [9.17, 15) is 24.0 Å². The predicted molar refractivity (Wildman–Crippen MR) is 89.9 cm³/mol. The highest BCUT2D eigenvalue weighted by molar-refractivity contribution is 5.97. The van der Waals surface area contributed by atoms with Crippen LogP contribution in [0, 0.1) is 0 Å². The van der Waals surface area contributed by atoms with Crippen LogP contribution in [-0.4, -0.2) is 52.8 Å². The van der Waals surface area contributed by atoms with E-state index in [4.69, 9.17) is 10.2 Å². The number of hydrogen-bond acceptors (Lipinski definition) is 5. The van der Waals surface area contributed by atoms with Crippen LogP contribution < -0.4 is 10.6 Å². The fourth-order valence-corrected chi connectivity index (χ4v) is 1.85. The first-order valence-corrected chi connectivity index (χ1v) is 7.50. The van der Waals surface area contributed by atoms with E-state index in [0.717, 1.165) is 6.08 Å². The van der Waals surface area contributed by atoms with E-state index >= 15 is 0 Å². The molecule has 137 valence electrons. The van der Waals surface area contributed by atoms with Gasteiger partial charge in [-0.1, -0.05) is 12.1 Å². The van der Waals surface area contributed by atoms with Crippen molar-refractivity contribution in [3.8, 4) is 0 Å². The second-order valence-electron chi connectivity index (χ2n) is 5.15. The van der Waals surface area contributed by atoms with Gasteiger partial charge in [0.25, 0.3) is 5.91 Å². The molecule has 1 atom stereocenters. The zero-order chi connectivity index (χ0) is 19.5. The molecular formula is C17H17N2O7. The molecule has 0 fully saturated rings. The van der Waals surface area contributed by atoms with Gasteiger partial charge in [-0.25, -0.2) is 4.79 Å². The Morgan fingerprint density at radius 3 is 2.31 bits per heavy atom. The summed E-state index contributed by atoms with van der Waals surface area (Å²) < 4.78 is 0. The third kappa shape index (κ3) is 7.86. The summed E-state index contributed by atoms with van der Waals surface area (Å²) in [7, 11) is 0. The molecule has 0 spiro atoms. The number of hydrogen-bond donors (Lipinski definition) is 4. The number of amides is 2. The number of aliphatic carboxylic acids is 2. The first kappa shape index (κ1) is 20.6. The minimum absolute atomic E-state index is 0.0934. The zero-order valence-electron chi connectivity index (χ0n) is 13.6. The number of carboxylic acids is 2. The number of rotatable bonds is 10. The molecule has 0 saturated carbocycles. The quantitative estimate of drug-likeness (QED) is 0.427. The normalized spacial score (nSPS) is 11.5. The minimum Gasteiger partial charge on any atom is -0.481 e. The van der Waals surface area contributed by atoms with Gasteiger partial charge in [-0.3, -0.25) is 19.2 Å². The second kappa shape index (κ2) is 10.4. The Hall–Kier alpha value is -3.49. The van der Waals surface area contributed by atoms with Crippen molar-refractivity contribution in [2.45, 2.75) is 18.9 Å². The maximum atomic E-state index is 11.9. The highest BCUT2D eigenvalue weighted by Gasteiger charge is 2.15. The molecule has 0 saturated heterocycles. The molecule has 0 aromatic heterocycles. The summed E-state index contributed by atoms with van der Waals surface area (Å²) in [5.41, 5.74) is 0.846. The van der Waals surface area contributed by atoms with E-state index in [1.807, 2.05) is 0 Å². The Morgan fingerprint density at radius 2 is 1.77 bits per heavy atom. The van der Waals surface area contributed by atoms with Crippen LogP contribution in [0.3, 0.4) is 0 Å². The monoisotopic (exact) mass is 361 g/mol. The van der Waals surface area contributed by atoms with Crippen molar-refractivity contribution in [2.24, 2.45) is 0 Å². The highest BCUT2D eigenvalue weighted by atomic mass is 16.4. The van der Waals surface area contributed by atoms with E-state index in [1.54, 1.807) is 0 Å². The Labute approximate surface area is 148 Å². The van der Waals surface area contributed by atoms with E-state index in [1.165, 1.54) is 36.6 Å². The number of benzene rings is 1. The fourth-order valence-electron chi connectivity index (χ4n) is 1.85. The standard InChI is InChI=1S/C17H17N2O7/c20-10-13(6-8-16(24)25)19-14(21)9-18-17(26)12-4-1-11(2-5-12)3-7-15(22)23/h1-5,7,13H,6,8-9H2,(H,18,26)(H,19,21)(H,22,23)(H,24,25)/b7-3+/t13-/m0/s1. The van der Waals surface area contributed by atoms with Gasteiger partial charge in [0.2, 0.25) is 12.2 Å². The van der Waals surface area contributed by atoms with Crippen LogP contribution in [0.15, 0.2) is 30.3 Å². The Bertz CT molecular complexity index is 710. The van der Waals surface area contributed by atoms with Crippen LogP contribution >= 0.6 is 0 Å². The van der Waals surface area contributed by atoms with Crippen molar-refractivity contribution in [1.29, 1.82) is 0 Å². The summed E-state index contributed by atoms with van der Waals surface area (Å²) in [4.78, 5) is 55.2. The molecule has 26 heavy (non-hydrogen) atoms. The largest absolute Gasteiger partial charge is 0.481 e. The second-order valence-corrected chi connectivity index (χ2v) is 5.15. The smallest absolute Gasteiger partial charge is 0.328 e. The van der Waals surface area contributed by atoms with Gasteiger partial charge in [0, 0.05) is 18.1 Å². The van der Waals surface area contributed by atoms with Crippen molar-refractivity contribution >= 4 is 36.1 Å². The predicted octanol–water partition coefficient (Wildman–Crippen LogP) is -0.0265. The molecule has 1 aromatic carbocycles. The first-order chi connectivity index (χ1) is 12.3. The van der Waals surface area contributed by atoms with E-state index in [-0.39, 0.29) is 18.4 Å². The third-order valence-corrected chi connectivity index (χ3v) is 3.13. The number of carboxylic acid groups (broad SMARTS) is 2. The summed E-state index contributed by atoms with van der Waals surface area (Å²) in [5.74, 6) is -3.38. The number of carbonyl (C=O) groups excluding carboxylic acids is 3. The molecule has 9 heteroatoms. The average molecular weight is 361 g/mol. The first-order valence-electron chi connectivity index (χ1n) is 7.50. The molecular weight excluding hydrogens is 344 g/mol. The summed E-state index contributed by atoms with van der Waals surface area (Å²) in [6, 6.07) is 4.94. The highest BCUT2D eigenvalue weighted by Crippen LogP contribution is 2.06. The molecule has 9 nitrogen and oxygen atoms in total. The molecule has 1 radical (unpaired) electrons. The lowest BCUT2D eigenvalue weighted by molar-refractivity contribution is -0.137. The lowest BCUT2D eigenvalue weighted by atomic mass is 10.1. The molecule has 1 rings (SSSR count). The maximum Gasteiger partial charge on any atom is 0.328 e. The third-order valence-electron chi connectivity index (χ3n) is 3.13. The average Bonchev–Trinajstić information content (AvgIpc) is 2.61. The lowest BCUT2D eigenvalue weighted by Gasteiger charge is -2.11. The van der Waals surface area contributed by atoms with Crippen LogP contribution in [0.25, 0.3) is 6.08 Å². The zero-order valence-corrected chi connectivity index (χ0v) is 13.6. The van der Waals surface area contributed by atoms with Gasteiger partial charge in [-0.2, -0.15) is 0 Å². The van der Waals surface area contributed by atoms with Crippen LogP contribution in [0.2, 0.25) is 0 Å². The van der Waals surface area contributed by atoms with Gasteiger partial charge in [0.1, 0.15) is 0 Å². The van der Waals surface area contributed by atoms with Crippen LogP contribution in [-0.2, 0) is 19.2 Å². The fraction of sp³-hybridized carbons (Fsp3) is 0.235. The van der Waals surface area contributed by atoms with Crippen LogP contribution in [0.1, 0.15) is 28.8 Å². The summed E-state index contributed by atoms with van der Waals surface area (Å²) >= 11 is 0. The van der Waals surface area contributed by atoms with Crippen molar-refractivity contribution in [1.82, 2.24) is 10.6 Å². The van der Waals surface area contributed by atoms with Gasteiger partial charge < -0.3 is 20.8 Å². The molecule has 2 amide bonds. The van der Waals surface area contributed by atoms with Crippen molar-refractivity contribution in [3.05, 3.63) is 41.5 Å². The summed E-state index contributed by atoms with van der Waals surface area (Å²) in [6.07, 6.45) is 3.47. The van der Waals surface area contributed by atoms with E-state index in [2.05, 4.69) is 10.6 Å². The SMILES string of the molecule is O=[C][C@H](CCC(=O)O)NC(=O)CNC(=O)c1ccc(/C=C/C(=O)O)cc1. The van der Waals surface area contributed by atoms with Crippen molar-refractivity contribution in [2.75, 3.05) is 6.54 Å². The molecule has 0 bridgehead atoms. The van der Waals surface area contributed by atoms with Gasteiger partial charge >= 0.3 is 11.9 Å². The molecule has 0 heterocycles. The molecule has 0 aliphatic carbocycles. The van der Waals surface area contributed by atoms with Gasteiger partial charge in [0.05, 0.1) is 12.6 Å². The maximum absolute atomic E-state index is 11.9. The van der Waals surface area contributed by atoms with E-state index < -0.39 is 36.3 Å². The summed E-state index contributed by atoms with van der Waals surface area (Å²) in [6.45, 7) is -0.398. The minimum atomic E-state index is -1.10. The Kier molecular flexibility index (Phi) is 8.21. The Morgan fingerprint density at radius 1 is 1.12 bits per heavy atom. The molecule has 1 aromatic rings. The van der Waals surface area contributed by atoms with E-state index in [0.29, 0.717) is 5.56 Å². The molecule has 0 unspecified atom stereocenters. The number of nitrogens with one attached hydrogen (secondary N) is 2. The topological polar surface area (TPSA) is 150 Å². The number of carbonyl (C=O) groups is 4. The summed E-state index contributed by atoms with van der Waals surface area (Å²) in [5, 5.41) is 21.7. The van der Waals surface area contributed by atoms with Gasteiger partial charge in [-0.15, -0.1) is 0 Å². The lowest BCUT2D eigenvalue weighted by Crippen LogP contribution is -2.42. The van der Waals surface area contributed by atoms with Crippen molar-refractivity contribution in [3.63, 3.8) is 0 Å².